The number of aliphatic imine (C=N–C) groups is 1. The van der Waals surface area contributed by atoms with Crippen molar-refractivity contribution in [3.63, 3.8) is 0 Å². The average Bonchev–Trinajstić information content (AvgIpc) is 3.17. The number of piperidine rings is 1. The molecule has 0 aliphatic carbocycles. The van der Waals surface area contributed by atoms with Crippen LogP contribution in [0.15, 0.2) is 28.6 Å². The van der Waals surface area contributed by atoms with E-state index in [0.29, 0.717) is 17.6 Å². The number of nitrogens with one attached hydrogen (secondary N) is 2. The normalized spacial score (nSPS) is 17.4. The summed E-state index contributed by atoms with van der Waals surface area (Å²) >= 11 is 7.82. The lowest BCUT2D eigenvalue weighted by Gasteiger charge is -2.34. The summed E-state index contributed by atoms with van der Waals surface area (Å²) in [7, 11) is 5.76. The molecule has 1 aromatic heterocycles. The minimum Gasteiger partial charge on any atom is -0.354 e. The van der Waals surface area contributed by atoms with Crippen molar-refractivity contribution in [1.29, 1.82) is 0 Å². The van der Waals surface area contributed by atoms with Crippen molar-refractivity contribution >= 4 is 58.0 Å². The zero-order chi connectivity index (χ0) is 20.8. The van der Waals surface area contributed by atoms with Crippen molar-refractivity contribution in [2.75, 3.05) is 39.1 Å². The number of likely N-dealkylation sites (tertiary alicyclic amines) is 1. The summed E-state index contributed by atoms with van der Waals surface area (Å²) in [6.45, 7) is 3.24. The molecule has 1 aliphatic heterocycles. The molecule has 1 unspecified atom stereocenters. The number of thiazole rings is 1. The first kappa shape index (κ1) is 25.1. The Morgan fingerprint density at radius 3 is 2.90 bits per heavy atom. The van der Waals surface area contributed by atoms with Crippen molar-refractivity contribution in [3.8, 4) is 0 Å². The van der Waals surface area contributed by atoms with E-state index < -0.39 is 0 Å². The summed E-state index contributed by atoms with van der Waals surface area (Å²) in [5, 5.41) is 10.4. The predicted molar refractivity (Wildman–Crippen MR) is 135 cm³/mol. The second kappa shape index (κ2) is 12.0. The smallest absolute Gasteiger partial charge is 0.191 e. The number of hydrogen-bond acceptors (Lipinski definition) is 5. The predicted octanol–water partition coefficient (Wildman–Crippen LogP) is 3.95. The number of anilines is 1. The van der Waals surface area contributed by atoms with Crippen molar-refractivity contribution in [2.45, 2.75) is 32.0 Å². The molecule has 2 N–H and O–H groups in total. The van der Waals surface area contributed by atoms with Gasteiger partial charge >= 0.3 is 0 Å². The van der Waals surface area contributed by atoms with Crippen LogP contribution in [-0.2, 0) is 13.1 Å². The molecule has 6 nitrogen and oxygen atoms in total. The highest BCUT2D eigenvalue weighted by atomic mass is 127. The Kier molecular flexibility index (Phi) is 10.1. The van der Waals surface area contributed by atoms with Crippen molar-refractivity contribution in [1.82, 2.24) is 20.5 Å². The lowest BCUT2D eigenvalue weighted by Crippen LogP contribution is -2.50. The third kappa shape index (κ3) is 7.21. The van der Waals surface area contributed by atoms with Crippen LogP contribution in [0.25, 0.3) is 0 Å². The van der Waals surface area contributed by atoms with E-state index >= 15 is 0 Å². The van der Waals surface area contributed by atoms with Gasteiger partial charge in [-0.1, -0.05) is 17.7 Å². The van der Waals surface area contributed by atoms with Crippen LogP contribution in [0.4, 0.5) is 9.52 Å². The Hall–Kier alpha value is -1.17. The summed E-state index contributed by atoms with van der Waals surface area (Å²) in [5.74, 6) is 0.473. The van der Waals surface area contributed by atoms with Gasteiger partial charge in [-0.15, -0.1) is 35.3 Å². The van der Waals surface area contributed by atoms with Gasteiger partial charge in [0.25, 0.3) is 0 Å². The molecule has 2 aromatic rings. The van der Waals surface area contributed by atoms with E-state index in [-0.39, 0.29) is 29.8 Å². The van der Waals surface area contributed by atoms with Crippen LogP contribution in [0.3, 0.4) is 0 Å². The van der Waals surface area contributed by atoms with Crippen molar-refractivity contribution in [3.05, 3.63) is 45.7 Å². The van der Waals surface area contributed by atoms with Gasteiger partial charge in [-0.2, -0.15) is 0 Å². The molecule has 0 radical (unpaired) electrons. The highest BCUT2D eigenvalue weighted by Gasteiger charge is 2.21. The Bertz CT molecular complexity index is 846. The van der Waals surface area contributed by atoms with Gasteiger partial charge in [-0.3, -0.25) is 9.89 Å². The first-order valence-corrected chi connectivity index (χ1v) is 11.0. The quantitative estimate of drug-likeness (QED) is 0.315. The number of rotatable bonds is 6. The average molecular weight is 567 g/mol. The highest BCUT2D eigenvalue weighted by molar-refractivity contribution is 14.0. The van der Waals surface area contributed by atoms with Crippen LogP contribution in [0.5, 0.6) is 0 Å². The molecule has 0 amide bonds. The fraction of sp³-hybridized carbons (Fsp3) is 0.500. The summed E-state index contributed by atoms with van der Waals surface area (Å²) in [6.07, 6.45) is 2.17. The van der Waals surface area contributed by atoms with Gasteiger partial charge in [-0.05, 0) is 37.1 Å². The largest absolute Gasteiger partial charge is 0.354 e. The second-order valence-electron chi connectivity index (χ2n) is 7.40. The summed E-state index contributed by atoms with van der Waals surface area (Å²) in [5.41, 5.74) is 1.95. The first-order valence-electron chi connectivity index (χ1n) is 9.70. The van der Waals surface area contributed by atoms with Gasteiger partial charge in [0.05, 0.1) is 12.2 Å². The summed E-state index contributed by atoms with van der Waals surface area (Å²) in [4.78, 5) is 13.3. The SMILES string of the molecule is CN=C(NCc1csc(N(C)C)n1)NC1CCCN(Cc2ccc(F)cc2Cl)C1.I. The van der Waals surface area contributed by atoms with E-state index in [9.17, 15) is 4.39 Å². The maximum absolute atomic E-state index is 13.3. The van der Waals surface area contributed by atoms with Crippen LogP contribution in [-0.4, -0.2) is 56.1 Å². The monoisotopic (exact) mass is 566 g/mol. The number of nitrogens with zero attached hydrogens (tertiary/aromatic N) is 4. The molecule has 30 heavy (non-hydrogen) atoms. The van der Waals surface area contributed by atoms with Crippen LogP contribution in [0, 0.1) is 5.82 Å². The highest BCUT2D eigenvalue weighted by Crippen LogP contribution is 2.21. The van der Waals surface area contributed by atoms with E-state index in [1.165, 1.54) is 12.1 Å². The molecule has 1 fully saturated rings. The molecule has 10 heteroatoms. The number of aromatic nitrogens is 1. The van der Waals surface area contributed by atoms with Gasteiger partial charge < -0.3 is 15.5 Å². The molecule has 166 valence electrons. The molecule has 0 bridgehead atoms. The Morgan fingerprint density at radius 2 is 2.23 bits per heavy atom. The van der Waals surface area contributed by atoms with Crippen LogP contribution in [0.1, 0.15) is 24.1 Å². The standard InChI is InChI=1S/C20H28ClFN6S.HI/c1-23-19(24-10-17-13-29-20(26-17)27(2)3)25-16-5-4-8-28(12-16)11-14-6-7-15(22)9-18(14)21;/h6-7,9,13,16H,4-5,8,10-12H2,1-3H3,(H2,23,24,25);1H. The van der Waals surface area contributed by atoms with Gasteiger partial charge in [0.1, 0.15) is 5.82 Å². The molecule has 1 aliphatic rings. The van der Waals surface area contributed by atoms with E-state index in [1.54, 1.807) is 24.5 Å². The fourth-order valence-corrected chi connectivity index (χ4v) is 4.34. The molecular weight excluding hydrogens is 538 g/mol. The molecule has 2 heterocycles. The van der Waals surface area contributed by atoms with E-state index in [4.69, 9.17) is 11.6 Å². The molecule has 1 atom stereocenters. The van der Waals surface area contributed by atoms with Crippen molar-refractivity contribution < 1.29 is 4.39 Å². The topological polar surface area (TPSA) is 55.8 Å². The minimum absolute atomic E-state index is 0. The van der Waals surface area contributed by atoms with Crippen molar-refractivity contribution in [2.24, 2.45) is 4.99 Å². The molecule has 3 rings (SSSR count). The second-order valence-corrected chi connectivity index (χ2v) is 8.64. The van der Waals surface area contributed by atoms with E-state index in [1.807, 2.05) is 19.0 Å². The third-order valence-electron chi connectivity index (χ3n) is 4.84. The zero-order valence-corrected chi connectivity index (χ0v) is 21.4. The Balaban J connectivity index is 0.00000320. The molecule has 1 aromatic carbocycles. The van der Waals surface area contributed by atoms with Gasteiger partial charge in [0, 0.05) is 50.7 Å². The lowest BCUT2D eigenvalue weighted by atomic mass is 10.0. The number of benzene rings is 1. The maximum Gasteiger partial charge on any atom is 0.191 e. The fourth-order valence-electron chi connectivity index (χ4n) is 3.35. The molecule has 1 saturated heterocycles. The number of hydrogen-bond donors (Lipinski definition) is 2. The summed E-state index contributed by atoms with van der Waals surface area (Å²) in [6, 6.07) is 4.90. The molecule has 0 spiro atoms. The van der Waals surface area contributed by atoms with E-state index in [0.717, 1.165) is 54.8 Å². The summed E-state index contributed by atoms with van der Waals surface area (Å²) < 4.78 is 13.3. The van der Waals surface area contributed by atoms with Crippen LogP contribution in [0.2, 0.25) is 5.02 Å². The van der Waals surface area contributed by atoms with Crippen LogP contribution < -0.4 is 15.5 Å². The number of halogens is 3. The maximum atomic E-state index is 13.3. The number of guanidine groups is 1. The molecule has 0 saturated carbocycles. The van der Waals surface area contributed by atoms with E-state index in [2.05, 4.69) is 30.9 Å². The van der Waals surface area contributed by atoms with Gasteiger partial charge in [0.15, 0.2) is 11.1 Å². The van der Waals surface area contributed by atoms with Gasteiger partial charge in [0.2, 0.25) is 0 Å². The van der Waals surface area contributed by atoms with Gasteiger partial charge in [-0.25, -0.2) is 9.37 Å². The third-order valence-corrected chi connectivity index (χ3v) is 6.25. The first-order chi connectivity index (χ1) is 13.9. The molecular formula is C20H29ClFIN6S. The minimum atomic E-state index is -0.301. The lowest BCUT2D eigenvalue weighted by molar-refractivity contribution is 0.192. The Labute approximate surface area is 203 Å². The van der Waals surface area contributed by atoms with Crippen LogP contribution >= 0.6 is 46.9 Å². The zero-order valence-electron chi connectivity index (χ0n) is 17.5. The Morgan fingerprint density at radius 1 is 1.43 bits per heavy atom.